The van der Waals surface area contributed by atoms with Crippen molar-refractivity contribution in [3.05, 3.63) is 24.2 Å². The summed E-state index contributed by atoms with van der Waals surface area (Å²) in [6.07, 6.45) is 10.6. The summed E-state index contributed by atoms with van der Waals surface area (Å²) in [5.41, 5.74) is 0.619. The highest BCUT2D eigenvalue weighted by Crippen LogP contribution is 2.27. The van der Waals surface area contributed by atoms with E-state index in [0.29, 0.717) is 23.8 Å². The zero-order valence-electron chi connectivity index (χ0n) is 13.6. The number of hydrogen-bond acceptors (Lipinski definition) is 3. The van der Waals surface area contributed by atoms with Crippen LogP contribution in [0.4, 0.5) is 0 Å². The lowest BCUT2D eigenvalue weighted by Crippen LogP contribution is -2.41. The van der Waals surface area contributed by atoms with Crippen molar-refractivity contribution in [1.82, 2.24) is 10.2 Å². The molecule has 5 nitrogen and oxygen atoms in total. The number of carbonyl (C=O) groups excluding carboxylic acids is 2. The van der Waals surface area contributed by atoms with Gasteiger partial charge in [-0.2, -0.15) is 0 Å². The fourth-order valence-electron chi connectivity index (χ4n) is 3.72. The minimum Gasteiger partial charge on any atom is -0.472 e. The van der Waals surface area contributed by atoms with Gasteiger partial charge in [0, 0.05) is 26.1 Å². The van der Waals surface area contributed by atoms with Crippen LogP contribution in [0.25, 0.3) is 0 Å². The van der Waals surface area contributed by atoms with E-state index in [9.17, 15) is 9.59 Å². The summed E-state index contributed by atoms with van der Waals surface area (Å²) in [4.78, 5) is 26.1. The van der Waals surface area contributed by atoms with Gasteiger partial charge in [0.25, 0.3) is 5.91 Å². The van der Waals surface area contributed by atoms with Gasteiger partial charge in [0.1, 0.15) is 6.26 Å². The van der Waals surface area contributed by atoms with Crippen molar-refractivity contribution in [3.8, 4) is 0 Å². The summed E-state index contributed by atoms with van der Waals surface area (Å²) in [7, 11) is 0. The fourth-order valence-corrected chi connectivity index (χ4v) is 3.72. The summed E-state index contributed by atoms with van der Waals surface area (Å²) in [6, 6.07) is 1.71. The Morgan fingerprint density at radius 2 is 1.87 bits per heavy atom. The van der Waals surface area contributed by atoms with Crippen molar-refractivity contribution in [3.63, 3.8) is 0 Å². The third kappa shape index (κ3) is 4.36. The first-order valence-corrected chi connectivity index (χ1v) is 8.80. The van der Waals surface area contributed by atoms with Crippen LogP contribution in [0.15, 0.2) is 23.0 Å². The molecule has 23 heavy (non-hydrogen) atoms. The molecule has 3 rings (SSSR count). The van der Waals surface area contributed by atoms with Gasteiger partial charge in [0.15, 0.2) is 0 Å². The van der Waals surface area contributed by atoms with Gasteiger partial charge >= 0.3 is 0 Å². The Balaban J connectivity index is 1.36. The number of piperidine rings is 1. The van der Waals surface area contributed by atoms with Crippen LogP contribution < -0.4 is 5.32 Å². The number of rotatable bonds is 5. The van der Waals surface area contributed by atoms with Crippen LogP contribution in [0.5, 0.6) is 0 Å². The lowest BCUT2D eigenvalue weighted by atomic mass is 9.96. The number of nitrogens with one attached hydrogen (secondary N) is 1. The van der Waals surface area contributed by atoms with Gasteiger partial charge in [-0.15, -0.1) is 0 Å². The Kier molecular flexibility index (Phi) is 5.36. The molecule has 2 aliphatic rings. The van der Waals surface area contributed by atoms with E-state index in [0.717, 1.165) is 32.5 Å². The second kappa shape index (κ2) is 7.66. The average molecular weight is 318 g/mol. The second-order valence-electron chi connectivity index (χ2n) is 6.91. The molecule has 1 aliphatic carbocycles. The normalized spacial score (nSPS) is 19.9. The number of carbonyl (C=O) groups is 2. The molecule has 1 saturated carbocycles. The van der Waals surface area contributed by atoms with Gasteiger partial charge in [-0.05, 0) is 43.6 Å². The highest BCUT2D eigenvalue weighted by atomic mass is 16.3. The van der Waals surface area contributed by atoms with Crippen LogP contribution in [0.3, 0.4) is 0 Å². The molecule has 1 aromatic heterocycles. The summed E-state index contributed by atoms with van der Waals surface area (Å²) in [5, 5.41) is 3.09. The van der Waals surface area contributed by atoms with Crippen molar-refractivity contribution in [2.45, 2.75) is 44.9 Å². The van der Waals surface area contributed by atoms with E-state index in [1.165, 1.54) is 38.2 Å². The van der Waals surface area contributed by atoms with Gasteiger partial charge in [-0.25, -0.2) is 0 Å². The molecule has 2 amide bonds. The minimum absolute atomic E-state index is 0.0440. The van der Waals surface area contributed by atoms with Crippen molar-refractivity contribution >= 4 is 11.8 Å². The molecule has 2 fully saturated rings. The summed E-state index contributed by atoms with van der Waals surface area (Å²) >= 11 is 0. The molecule has 1 saturated heterocycles. The quantitative estimate of drug-likeness (QED) is 0.908. The van der Waals surface area contributed by atoms with Crippen LogP contribution in [0.1, 0.15) is 55.3 Å². The zero-order valence-corrected chi connectivity index (χ0v) is 13.6. The monoisotopic (exact) mass is 318 g/mol. The molecule has 0 spiro atoms. The van der Waals surface area contributed by atoms with E-state index in [1.807, 2.05) is 4.90 Å². The predicted octanol–water partition coefficient (Wildman–Crippen LogP) is 2.83. The molecule has 1 aromatic rings. The van der Waals surface area contributed by atoms with Gasteiger partial charge in [0.05, 0.1) is 11.8 Å². The highest BCUT2D eigenvalue weighted by molar-refractivity contribution is 5.93. The first-order valence-electron chi connectivity index (χ1n) is 8.80. The zero-order chi connectivity index (χ0) is 16.1. The van der Waals surface area contributed by atoms with Crippen LogP contribution in [0.2, 0.25) is 0 Å². The molecular formula is C18H26N2O3. The van der Waals surface area contributed by atoms with Gasteiger partial charge in [-0.1, -0.05) is 12.8 Å². The number of nitrogens with zero attached hydrogens (tertiary/aromatic N) is 1. The Bertz CT molecular complexity index is 512. The molecule has 1 aliphatic heterocycles. The maximum absolute atomic E-state index is 12.2. The molecule has 0 unspecified atom stereocenters. The van der Waals surface area contributed by atoms with Crippen molar-refractivity contribution in [1.29, 1.82) is 0 Å². The largest absolute Gasteiger partial charge is 0.472 e. The molecule has 0 radical (unpaired) electrons. The molecule has 0 atom stereocenters. The van der Waals surface area contributed by atoms with Crippen LogP contribution in [-0.4, -0.2) is 36.3 Å². The van der Waals surface area contributed by atoms with Gasteiger partial charge in [0.2, 0.25) is 5.91 Å². The Labute approximate surface area is 137 Å². The predicted molar refractivity (Wildman–Crippen MR) is 86.9 cm³/mol. The Hall–Kier alpha value is -1.78. The molecule has 0 aromatic carbocycles. The van der Waals surface area contributed by atoms with Gasteiger partial charge in [-0.3, -0.25) is 9.59 Å². The standard InChI is InChI=1S/C18H26N2O3/c21-17(11-14-3-1-2-4-14)19-12-15-5-8-20(9-6-15)18(22)16-7-10-23-13-16/h7,10,13-15H,1-6,8-9,11-12H2,(H,19,21). The van der Waals surface area contributed by atoms with Crippen LogP contribution >= 0.6 is 0 Å². The number of amides is 2. The molecule has 5 heteroatoms. The van der Waals surface area contributed by atoms with E-state index >= 15 is 0 Å². The topological polar surface area (TPSA) is 62.6 Å². The van der Waals surface area contributed by atoms with E-state index < -0.39 is 0 Å². The van der Waals surface area contributed by atoms with Gasteiger partial charge < -0.3 is 14.6 Å². The molecular weight excluding hydrogens is 292 g/mol. The number of furan rings is 1. The third-order valence-electron chi connectivity index (χ3n) is 5.21. The molecule has 126 valence electrons. The Morgan fingerprint density at radius 3 is 2.52 bits per heavy atom. The lowest BCUT2D eigenvalue weighted by Gasteiger charge is -2.31. The maximum Gasteiger partial charge on any atom is 0.257 e. The lowest BCUT2D eigenvalue weighted by molar-refractivity contribution is -0.122. The first kappa shape index (κ1) is 16.1. The summed E-state index contributed by atoms with van der Waals surface area (Å²) in [6.45, 7) is 2.26. The first-order chi connectivity index (χ1) is 11.2. The maximum atomic E-state index is 12.2. The smallest absolute Gasteiger partial charge is 0.257 e. The fraction of sp³-hybridized carbons (Fsp3) is 0.667. The van der Waals surface area contributed by atoms with Crippen LogP contribution in [0, 0.1) is 11.8 Å². The van der Waals surface area contributed by atoms with Crippen LogP contribution in [-0.2, 0) is 4.79 Å². The van der Waals surface area contributed by atoms with Crippen molar-refractivity contribution < 1.29 is 14.0 Å². The summed E-state index contributed by atoms with van der Waals surface area (Å²) < 4.78 is 4.97. The van der Waals surface area contributed by atoms with Crippen molar-refractivity contribution in [2.75, 3.05) is 19.6 Å². The van der Waals surface area contributed by atoms with E-state index in [1.54, 1.807) is 6.07 Å². The number of likely N-dealkylation sites (tertiary alicyclic amines) is 1. The molecule has 2 heterocycles. The SMILES string of the molecule is O=C(CC1CCCC1)NCC1CCN(C(=O)c2ccoc2)CC1. The highest BCUT2D eigenvalue weighted by Gasteiger charge is 2.25. The summed E-state index contributed by atoms with van der Waals surface area (Å²) in [5.74, 6) is 1.33. The average Bonchev–Trinajstić information content (AvgIpc) is 3.26. The third-order valence-corrected chi connectivity index (χ3v) is 5.21. The molecule has 1 N–H and O–H groups in total. The minimum atomic E-state index is 0.0440. The molecule has 0 bridgehead atoms. The van der Waals surface area contributed by atoms with E-state index in [-0.39, 0.29) is 11.8 Å². The van der Waals surface area contributed by atoms with E-state index in [4.69, 9.17) is 4.42 Å². The Morgan fingerprint density at radius 1 is 1.13 bits per heavy atom. The van der Waals surface area contributed by atoms with Crippen molar-refractivity contribution in [2.24, 2.45) is 11.8 Å². The van der Waals surface area contributed by atoms with E-state index in [2.05, 4.69) is 5.32 Å². The number of hydrogen-bond donors (Lipinski definition) is 1. The second-order valence-corrected chi connectivity index (χ2v) is 6.91.